The molecule has 1 aliphatic heterocycles. The lowest BCUT2D eigenvalue weighted by Gasteiger charge is -2.22. The zero-order chi connectivity index (χ0) is 20.6. The highest BCUT2D eigenvalue weighted by atomic mass is 35.5. The van der Waals surface area contributed by atoms with Crippen molar-refractivity contribution >= 4 is 66.9 Å². The second kappa shape index (κ2) is 8.33. The summed E-state index contributed by atoms with van der Waals surface area (Å²) in [5.74, 6) is -0.388. The van der Waals surface area contributed by atoms with Gasteiger partial charge in [-0.25, -0.2) is 13.4 Å². The Morgan fingerprint density at radius 1 is 1.24 bits per heavy atom. The third kappa shape index (κ3) is 4.21. The summed E-state index contributed by atoms with van der Waals surface area (Å²) in [6.45, 7) is 0.319. The zero-order valence-electron chi connectivity index (χ0n) is 14.8. The number of halogens is 2. The van der Waals surface area contributed by atoms with Crippen molar-refractivity contribution in [2.75, 3.05) is 11.9 Å². The molecule has 1 unspecified atom stereocenters. The Balaban J connectivity index is 1.52. The predicted molar refractivity (Wildman–Crippen MR) is 117 cm³/mol. The second-order valence-electron chi connectivity index (χ2n) is 6.36. The second-order valence-corrected chi connectivity index (χ2v) is 11.1. The van der Waals surface area contributed by atoms with Crippen LogP contribution in [0.2, 0.25) is 10.0 Å². The van der Waals surface area contributed by atoms with Gasteiger partial charge in [0.05, 0.1) is 10.7 Å². The summed E-state index contributed by atoms with van der Waals surface area (Å²) in [6.07, 6.45) is 1.10. The first-order chi connectivity index (χ1) is 13.9. The van der Waals surface area contributed by atoms with Crippen LogP contribution in [0.1, 0.15) is 12.8 Å². The normalized spacial score (nSPS) is 17.5. The smallest absolute Gasteiger partial charge is 0.253 e. The minimum atomic E-state index is -3.69. The summed E-state index contributed by atoms with van der Waals surface area (Å²) >= 11 is 14.6. The van der Waals surface area contributed by atoms with Crippen molar-refractivity contribution in [2.45, 2.75) is 23.1 Å². The monoisotopic (exact) mass is 487 g/mol. The SMILES string of the molecule is O=C(Nc1nc(-c2cc(Cl)ccc2Cl)cs1)C1CCCN1S(=O)(=O)c1cccs1. The third-order valence-electron chi connectivity index (χ3n) is 4.50. The van der Waals surface area contributed by atoms with Crippen molar-refractivity contribution in [2.24, 2.45) is 0 Å². The number of thiophene rings is 1. The summed E-state index contributed by atoms with van der Waals surface area (Å²) in [7, 11) is -3.69. The Kier molecular flexibility index (Phi) is 5.97. The first-order valence-corrected chi connectivity index (χ1v) is 12.6. The van der Waals surface area contributed by atoms with Crippen molar-refractivity contribution in [3.05, 3.63) is 51.1 Å². The average molecular weight is 488 g/mol. The number of carbonyl (C=O) groups excluding carboxylic acids is 1. The fraction of sp³-hybridized carbons (Fsp3) is 0.222. The number of nitrogens with zero attached hydrogens (tertiary/aromatic N) is 2. The van der Waals surface area contributed by atoms with E-state index in [4.69, 9.17) is 23.2 Å². The number of carbonyl (C=O) groups is 1. The molecule has 0 aliphatic carbocycles. The number of hydrogen-bond acceptors (Lipinski definition) is 6. The minimum absolute atomic E-state index is 0.240. The number of rotatable bonds is 5. The van der Waals surface area contributed by atoms with Crippen LogP contribution >= 0.6 is 45.9 Å². The van der Waals surface area contributed by atoms with Crippen molar-refractivity contribution in [3.8, 4) is 11.3 Å². The van der Waals surface area contributed by atoms with Gasteiger partial charge in [0.25, 0.3) is 10.0 Å². The van der Waals surface area contributed by atoms with Gasteiger partial charge in [0, 0.05) is 22.5 Å². The Labute approximate surface area is 186 Å². The largest absolute Gasteiger partial charge is 0.301 e. The lowest BCUT2D eigenvalue weighted by atomic mass is 10.2. The quantitative estimate of drug-likeness (QED) is 0.550. The number of aromatic nitrogens is 1. The summed E-state index contributed by atoms with van der Waals surface area (Å²) in [5.41, 5.74) is 1.26. The topological polar surface area (TPSA) is 79.4 Å². The zero-order valence-corrected chi connectivity index (χ0v) is 18.8. The summed E-state index contributed by atoms with van der Waals surface area (Å²) < 4.78 is 27.2. The van der Waals surface area contributed by atoms with E-state index in [9.17, 15) is 13.2 Å². The first-order valence-electron chi connectivity index (χ1n) is 8.63. The number of anilines is 1. The lowest BCUT2D eigenvalue weighted by molar-refractivity contribution is -0.119. The molecule has 4 rings (SSSR count). The van der Waals surface area contributed by atoms with Gasteiger partial charge >= 0.3 is 0 Å². The van der Waals surface area contributed by atoms with Crippen LogP contribution in [0.15, 0.2) is 45.3 Å². The van der Waals surface area contributed by atoms with Crippen molar-refractivity contribution < 1.29 is 13.2 Å². The fourth-order valence-corrected chi connectivity index (χ4v) is 7.03. The van der Waals surface area contributed by atoms with Gasteiger partial charge in [-0.2, -0.15) is 4.31 Å². The number of sulfonamides is 1. The van der Waals surface area contributed by atoms with Crippen LogP contribution in [0.5, 0.6) is 0 Å². The maximum atomic E-state index is 12.8. The van der Waals surface area contributed by atoms with Gasteiger partial charge in [0.1, 0.15) is 10.3 Å². The Hall–Kier alpha value is -1.49. The molecule has 0 bridgehead atoms. The van der Waals surface area contributed by atoms with Crippen molar-refractivity contribution in [1.29, 1.82) is 0 Å². The lowest BCUT2D eigenvalue weighted by Crippen LogP contribution is -2.42. The molecule has 0 saturated carbocycles. The molecule has 0 spiro atoms. The summed E-state index contributed by atoms with van der Waals surface area (Å²) in [4.78, 5) is 17.2. The molecule has 6 nitrogen and oxygen atoms in total. The average Bonchev–Trinajstić information content (AvgIpc) is 3.45. The molecule has 1 aliphatic rings. The highest BCUT2D eigenvalue weighted by Crippen LogP contribution is 2.33. The number of amides is 1. The van der Waals surface area contributed by atoms with E-state index >= 15 is 0 Å². The first kappa shape index (κ1) is 20.8. The molecule has 3 aromatic rings. The van der Waals surface area contributed by atoms with Crippen LogP contribution in [0, 0.1) is 0 Å². The summed E-state index contributed by atoms with van der Waals surface area (Å²) in [5, 5.41) is 7.62. The van der Waals surface area contributed by atoms with Crippen LogP contribution in [-0.4, -0.2) is 36.2 Å². The highest BCUT2D eigenvalue weighted by Gasteiger charge is 2.40. The van der Waals surface area contributed by atoms with E-state index in [0.29, 0.717) is 45.8 Å². The molecule has 1 atom stereocenters. The Morgan fingerprint density at radius 2 is 2.07 bits per heavy atom. The van der Waals surface area contributed by atoms with Gasteiger partial charge in [-0.3, -0.25) is 4.79 Å². The van der Waals surface area contributed by atoms with Gasteiger partial charge in [-0.05, 0) is 42.5 Å². The highest BCUT2D eigenvalue weighted by molar-refractivity contribution is 7.91. The molecule has 1 N–H and O–H groups in total. The molecular weight excluding hydrogens is 473 g/mol. The van der Waals surface area contributed by atoms with E-state index in [1.54, 1.807) is 41.1 Å². The van der Waals surface area contributed by atoms with Gasteiger partial charge in [-0.15, -0.1) is 22.7 Å². The van der Waals surface area contributed by atoms with E-state index in [-0.39, 0.29) is 10.1 Å². The van der Waals surface area contributed by atoms with E-state index < -0.39 is 16.1 Å². The van der Waals surface area contributed by atoms with Gasteiger partial charge < -0.3 is 5.32 Å². The molecule has 11 heteroatoms. The van der Waals surface area contributed by atoms with Gasteiger partial charge in [0.15, 0.2) is 5.13 Å². The van der Waals surface area contributed by atoms with E-state index in [2.05, 4.69) is 10.3 Å². The molecule has 1 saturated heterocycles. The van der Waals surface area contributed by atoms with E-state index in [1.165, 1.54) is 15.6 Å². The van der Waals surface area contributed by atoms with Crippen LogP contribution in [0.25, 0.3) is 11.3 Å². The van der Waals surface area contributed by atoms with E-state index in [0.717, 1.165) is 11.3 Å². The number of nitrogens with one attached hydrogen (secondary N) is 1. The molecule has 152 valence electrons. The molecule has 29 heavy (non-hydrogen) atoms. The Morgan fingerprint density at radius 3 is 2.83 bits per heavy atom. The molecule has 2 aromatic heterocycles. The molecule has 0 radical (unpaired) electrons. The van der Waals surface area contributed by atoms with Crippen LogP contribution in [0.3, 0.4) is 0 Å². The van der Waals surface area contributed by atoms with Crippen LogP contribution < -0.4 is 5.32 Å². The minimum Gasteiger partial charge on any atom is -0.301 e. The Bertz CT molecular complexity index is 1150. The van der Waals surface area contributed by atoms with Crippen molar-refractivity contribution in [3.63, 3.8) is 0 Å². The number of benzene rings is 1. The maximum absolute atomic E-state index is 12.8. The van der Waals surface area contributed by atoms with Gasteiger partial charge in [0.2, 0.25) is 5.91 Å². The molecular formula is C18H15Cl2N3O3S3. The van der Waals surface area contributed by atoms with E-state index in [1.807, 2.05) is 0 Å². The van der Waals surface area contributed by atoms with Crippen LogP contribution in [-0.2, 0) is 14.8 Å². The molecule has 1 fully saturated rings. The predicted octanol–water partition coefficient (Wildman–Crippen LogP) is 4.97. The van der Waals surface area contributed by atoms with Gasteiger partial charge in [-0.1, -0.05) is 29.3 Å². The molecule has 1 aromatic carbocycles. The van der Waals surface area contributed by atoms with Crippen molar-refractivity contribution in [1.82, 2.24) is 9.29 Å². The third-order valence-corrected chi connectivity index (χ3v) is 9.11. The number of thiazole rings is 1. The standard InChI is InChI=1S/C18H15Cl2N3O3S3/c19-11-5-6-13(20)12(9-11)14-10-28-18(21-14)22-17(24)15-3-1-7-23(15)29(25,26)16-4-2-8-27-16/h2,4-6,8-10,15H,1,3,7H2,(H,21,22,24). The fourth-order valence-electron chi connectivity index (χ4n) is 3.15. The molecule has 3 heterocycles. The summed E-state index contributed by atoms with van der Waals surface area (Å²) in [6, 6.07) is 7.55. The molecule has 1 amide bonds. The number of hydrogen-bond donors (Lipinski definition) is 1. The van der Waals surface area contributed by atoms with Crippen LogP contribution in [0.4, 0.5) is 5.13 Å². The maximum Gasteiger partial charge on any atom is 0.253 e.